The summed E-state index contributed by atoms with van der Waals surface area (Å²) in [5.41, 5.74) is 1.35. The highest BCUT2D eigenvalue weighted by molar-refractivity contribution is 5.78. The van der Waals surface area contributed by atoms with E-state index in [4.69, 9.17) is 0 Å². The van der Waals surface area contributed by atoms with Crippen molar-refractivity contribution in [1.29, 1.82) is 0 Å². The number of aromatic amines is 1. The molecule has 0 aromatic carbocycles. The molecule has 3 rings (SSSR count). The third-order valence-corrected chi connectivity index (χ3v) is 4.19. The average Bonchev–Trinajstić information content (AvgIpc) is 3.05. The normalized spacial score (nSPS) is 17.1. The van der Waals surface area contributed by atoms with E-state index in [-0.39, 0.29) is 17.4 Å². The largest absolute Gasteiger partial charge is 0.348 e. The second-order valence-electron chi connectivity index (χ2n) is 6.21. The fraction of sp³-hybridized carbons (Fsp3) is 0.412. The first-order valence-electron chi connectivity index (χ1n) is 7.99. The molecule has 3 heterocycles. The summed E-state index contributed by atoms with van der Waals surface area (Å²) < 4.78 is 0. The van der Waals surface area contributed by atoms with Gasteiger partial charge >= 0.3 is 0 Å². The van der Waals surface area contributed by atoms with Crippen LogP contribution in [0.25, 0.3) is 0 Å². The van der Waals surface area contributed by atoms with Crippen LogP contribution in [0.4, 0.5) is 5.95 Å². The Bertz CT molecular complexity index is 772. The Labute approximate surface area is 140 Å². The van der Waals surface area contributed by atoms with Crippen LogP contribution in [-0.2, 0) is 11.2 Å². The van der Waals surface area contributed by atoms with Gasteiger partial charge in [0.05, 0.1) is 12.1 Å². The van der Waals surface area contributed by atoms with Gasteiger partial charge in [-0.05, 0) is 18.6 Å². The summed E-state index contributed by atoms with van der Waals surface area (Å²) in [6.07, 6.45) is 2.81. The number of rotatable bonds is 4. The number of likely N-dealkylation sites (tertiary alicyclic amines) is 1. The molecule has 126 valence electrons. The highest BCUT2D eigenvalue weighted by atomic mass is 16.2. The molecule has 7 heteroatoms. The second kappa shape index (κ2) is 6.82. The molecule has 7 nitrogen and oxygen atoms in total. The lowest BCUT2D eigenvalue weighted by atomic mass is 10.1. The summed E-state index contributed by atoms with van der Waals surface area (Å²) in [5.74, 6) is 0.698. The van der Waals surface area contributed by atoms with E-state index in [2.05, 4.69) is 15.0 Å². The monoisotopic (exact) mass is 327 g/mol. The molecule has 1 atom stereocenters. The van der Waals surface area contributed by atoms with Crippen LogP contribution in [0.1, 0.15) is 23.7 Å². The van der Waals surface area contributed by atoms with E-state index in [1.54, 1.807) is 11.1 Å². The highest BCUT2D eigenvalue weighted by Crippen LogP contribution is 2.26. The quantitative estimate of drug-likeness (QED) is 0.898. The molecule has 24 heavy (non-hydrogen) atoms. The van der Waals surface area contributed by atoms with Crippen LogP contribution in [-0.4, -0.2) is 52.9 Å². The van der Waals surface area contributed by atoms with Gasteiger partial charge in [0.25, 0.3) is 5.56 Å². The van der Waals surface area contributed by atoms with Crippen molar-refractivity contribution in [3.8, 4) is 0 Å². The van der Waals surface area contributed by atoms with Crippen LogP contribution >= 0.6 is 0 Å². The van der Waals surface area contributed by atoms with Gasteiger partial charge in [0.2, 0.25) is 11.9 Å². The summed E-state index contributed by atoms with van der Waals surface area (Å²) in [4.78, 5) is 39.3. The maximum Gasteiger partial charge on any atom is 0.252 e. The Hall–Kier alpha value is -2.70. The smallest absolute Gasteiger partial charge is 0.252 e. The van der Waals surface area contributed by atoms with E-state index in [1.165, 1.54) is 6.07 Å². The number of pyridine rings is 1. The Morgan fingerprint density at radius 3 is 2.96 bits per heavy atom. The van der Waals surface area contributed by atoms with Crippen molar-refractivity contribution in [2.45, 2.75) is 18.8 Å². The molecule has 0 spiro atoms. The molecule has 0 unspecified atom stereocenters. The van der Waals surface area contributed by atoms with Gasteiger partial charge in [-0.15, -0.1) is 0 Å². The molecule has 0 saturated carbocycles. The van der Waals surface area contributed by atoms with Crippen molar-refractivity contribution >= 4 is 11.9 Å². The Morgan fingerprint density at radius 1 is 1.42 bits per heavy atom. The first-order valence-corrected chi connectivity index (χ1v) is 7.99. The van der Waals surface area contributed by atoms with Crippen LogP contribution in [0.2, 0.25) is 0 Å². The first kappa shape index (κ1) is 16.2. The van der Waals surface area contributed by atoms with Gasteiger partial charge in [-0.3, -0.25) is 19.6 Å². The molecule has 0 bridgehead atoms. The van der Waals surface area contributed by atoms with Crippen LogP contribution in [0.3, 0.4) is 0 Å². The number of anilines is 1. The van der Waals surface area contributed by atoms with Crippen molar-refractivity contribution in [1.82, 2.24) is 19.9 Å². The Morgan fingerprint density at radius 2 is 2.25 bits per heavy atom. The summed E-state index contributed by atoms with van der Waals surface area (Å²) in [6, 6.07) is 7.10. The van der Waals surface area contributed by atoms with Crippen LogP contribution < -0.4 is 10.5 Å². The third kappa shape index (κ3) is 3.61. The predicted molar refractivity (Wildman–Crippen MR) is 91.1 cm³/mol. The summed E-state index contributed by atoms with van der Waals surface area (Å²) in [5, 5.41) is 0. The van der Waals surface area contributed by atoms with Crippen LogP contribution in [0.5, 0.6) is 0 Å². The van der Waals surface area contributed by atoms with E-state index in [1.807, 2.05) is 37.2 Å². The first-order chi connectivity index (χ1) is 11.5. The number of hydrogen-bond acceptors (Lipinski definition) is 5. The zero-order valence-electron chi connectivity index (χ0n) is 13.9. The number of carbonyl (C=O) groups excluding carboxylic acids is 1. The topological polar surface area (TPSA) is 82.2 Å². The minimum absolute atomic E-state index is 0.0638. The van der Waals surface area contributed by atoms with E-state index in [0.29, 0.717) is 25.5 Å². The van der Waals surface area contributed by atoms with E-state index in [0.717, 1.165) is 17.8 Å². The molecule has 1 amide bonds. The SMILES string of the molecule is CN(C)c1nc([C@@H]2CCN(C(=O)Cc3ccccn3)C2)cc(=O)[nH]1. The third-order valence-electron chi connectivity index (χ3n) is 4.19. The van der Waals surface area contributed by atoms with Crippen molar-refractivity contribution in [2.24, 2.45) is 0 Å². The molecule has 1 saturated heterocycles. The fourth-order valence-electron chi connectivity index (χ4n) is 2.88. The minimum Gasteiger partial charge on any atom is -0.348 e. The molecule has 1 N–H and O–H groups in total. The number of nitrogens with zero attached hydrogens (tertiary/aromatic N) is 4. The average molecular weight is 327 g/mol. The van der Waals surface area contributed by atoms with E-state index >= 15 is 0 Å². The minimum atomic E-state index is -0.165. The summed E-state index contributed by atoms with van der Waals surface area (Å²) >= 11 is 0. The van der Waals surface area contributed by atoms with E-state index < -0.39 is 0 Å². The van der Waals surface area contributed by atoms with Gasteiger partial charge in [0.1, 0.15) is 0 Å². The van der Waals surface area contributed by atoms with Crippen LogP contribution in [0, 0.1) is 0 Å². The molecule has 2 aromatic rings. The second-order valence-corrected chi connectivity index (χ2v) is 6.21. The zero-order chi connectivity index (χ0) is 17.1. The van der Waals surface area contributed by atoms with Gasteiger partial charge in [0.15, 0.2) is 0 Å². The molecule has 0 radical (unpaired) electrons. The summed E-state index contributed by atoms with van der Waals surface area (Å²) in [7, 11) is 3.67. The van der Waals surface area contributed by atoms with Crippen molar-refractivity contribution in [2.75, 3.05) is 32.1 Å². The maximum absolute atomic E-state index is 12.4. The number of nitrogens with one attached hydrogen (secondary N) is 1. The van der Waals surface area contributed by atoms with E-state index in [9.17, 15) is 9.59 Å². The zero-order valence-corrected chi connectivity index (χ0v) is 13.9. The number of hydrogen-bond donors (Lipinski definition) is 1. The highest BCUT2D eigenvalue weighted by Gasteiger charge is 2.28. The van der Waals surface area contributed by atoms with Gasteiger partial charge in [-0.25, -0.2) is 4.98 Å². The van der Waals surface area contributed by atoms with Gasteiger partial charge in [-0.2, -0.15) is 0 Å². The number of carbonyl (C=O) groups is 1. The van der Waals surface area contributed by atoms with Crippen molar-refractivity contribution < 1.29 is 4.79 Å². The number of H-pyrrole nitrogens is 1. The molecule has 1 aliphatic heterocycles. The molecule has 1 aliphatic rings. The molecule has 0 aliphatic carbocycles. The lowest BCUT2D eigenvalue weighted by Crippen LogP contribution is -2.30. The van der Waals surface area contributed by atoms with Gasteiger partial charge < -0.3 is 9.80 Å². The lowest BCUT2D eigenvalue weighted by molar-refractivity contribution is -0.129. The standard InChI is InChI=1S/C17H21N5O2/c1-21(2)17-19-14(10-15(23)20-17)12-6-8-22(11-12)16(24)9-13-5-3-4-7-18-13/h3-5,7,10,12H,6,8-9,11H2,1-2H3,(H,19,20,23)/t12-/m1/s1. The van der Waals surface area contributed by atoms with Crippen molar-refractivity contribution in [3.05, 3.63) is 52.2 Å². The maximum atomic E-state index is 12.4. The molecule has 1 fully saturated rings. The molecule has 2 aromatic heterocycles. The van der Waals surface area contributed by atoms with Gasteiger partial charge in [-0.1, -0.05) is 6.07 Å². The molecular formula is C17H21N5O2. The Kier molecular flexibility index (Phi) is 4.59. The van der Waals surface area contributed by atoms with Crippen LogP contribution in [0.15, 0.2) is 35.3 Å². The molecular weight excluding hydrogens is 306 g/mol. The number of amides is 1. The fourth-order valence-corrected chi connectivity index (χ4v) is 2.88. The Balaban J connectivity index is 1.69. The lowest BCUT2D eigenvalue weighted by Gasteiger charge is -2.17. The van der Waals surface area contributed by atoms with Crippen molar-refractivity contribution in [3.63, 3.8) is 0 Å². The number of aromatic nitrogens is 3. The summed E-state index contributed by atoms with van der Waals surface area (Å²) in [6.45, 7) is 1.27. The van der Waals surface area contributed by atoms with Gasteiger partial charge in [0, 0.05) is 51.1 Å². The predicted octanol–water partition coefficient (Wildman–Crippen LogP) is 0.790.